The predicted octanol–water partition coefficient (Wildman–Crippen LogP) is 5.34. The van der Waals surface area contributed by atoms with Gasteiger partial charge in [0, 0.05) is 24.3 Å². The number of carbonyl (C=O) groups is 1. The number of esters is 1. The number of methoxy groups -OCH3 is 1. The highest BCUT2D eigenvalue weighted by Gasteiger charge is 2.37. The van der Waals surface area contributed by atoms with E-state index in [9.17, 15) is 9.59 Å². The number of rotatable bonds is 8. The van der Waals surface area contributed by atoms with E-state index in [1.807, 2.05) is 42.5 Å². The Hall–Kier alpha value is -4.17. The molecular weight excluding hydrogens is 546 g/mol. The molecule has 1 aromatic heterocycles. The highest BCUT2D eigenvalue weighted by atomic mass is 32.1. The number of benzene rings is 3. The molecule has 42 heavy (non-hydrogen) atoms. The SMILES string of the molecule is CCCC1=C(C(=O)OCC)[C@H](c2c(OC)ccc3ccccc23)n2c(s/c(=C/c3ccc(N4CCCC4)cc3)c2=O)=N1. The molecule has 2 aliphatic heterocycles. The van der Waals surface area contributed by atoms with Crippen LogP contribution in [0, 0.1) is 0 Å². The summed E-state index contributed by atoms with van der Waals surface area (Å²) in [5.74, 6) is 0.141. The number of ether oxygens (including phenoxy) is 2. The third kappa shape index (κ3) is 5.04. The number of fused-ring (bicyclic) bond motifs is 2. The molecule has 7 nitrogen and oxygen atoms in total. The number of aromatic nitrogens is 1. The Labute approximate surface area is 249 Å². The lowest BCUT2D eigenvalue weighted by Gasteiger charge is -2.28. The van der Waals surface area contributed by atoms with E-state index in [-0.39, 0.29) is 12.2 Å². The fourth-order valence-corrected chi connectivity index (χ4v) is 7.06. The summed E-state index contributed by atoms with van der Waals surface area (Å²) in [6.45, 7) is 6.23. The average Bonchev–Trinajstić information content (AvgIpc) is 3.65. The maximum Gasteiger partial charge on any atom is 0.338 e. The molecule has 3 heterocycles. The molecular formula is C34H35N3O4S. The van der Waals surface area contributed by atoms with E-state index in [0.717, 1.165) is 41.4 Å². The molecule has 216 valence electrons. The van der Waals surface area contributed by atoms with Crippen molar-refractivity contribution in [2.24, 2.45) is 4.99 Å². The van der Waals surface area contributed by atoms with Crippen molar-refractivity contribution < 1.29 is 14.3 Å². The third-order valence-electron chi connectivity index (χ3n) is 7.98. The summed E-state index contributed by atoms with van der Waals surface area (Å²) in [7, 11) is 1.61. The summed E-state index contributed by atoms with van der Waals surface area (Å²) in [5.41, 5.74) is 3.75. The zero-order valence-corrected chi connectivity index (χ0v) is 25.1. The summed E-state index contributed by atoms with van der Waals surface area (Å²) in [6.07, 6.45) is 5.74. The van der Waals surface area contributed by atoms with E-state index in [2.05, 4.69) is 36.1 Å². The fourth-order valence-electron chi connectivity index (χ4n) is 6.04. The van der Waals surface area contributed by atoms with Gasteiger partial charge < -0.3 is 14.4 Å². The normalized spacial score (nSPS) is 17.0. The molecule has 1 saturated heterocycles. The van der Waals surface area contributed by atoms with E-state index in [1.165, 1.54) is 29.9 Å². The van der Waals surface area contributed by atoms with Gasteiger partial charge in [-0.05, 0) is 66.8 Å². The number of thiazole rings is 1. The second-order valence-corrected chi connectivity index (χ2v) is 11.6. The highest BCUT2D eigenvalue weighted by Crippen LogP contribution is 2.41. The molecule has 0 bridgehead atoms. The number of allylic oxidation sites excluding steroid dienone is 1. The molecule has 3 aromatic carbocycles. The zero-order chi connectivity index (χ0) is 29.2. The van der Waals surface area contributed by atoms with Gasteiger partial charge in [-0.15, -0.1) is 0 Å². The topological polar surface area (TPSA) is 73.1 Å². The van der Waals surface area contributed by atoms with E-state index in [1.54, 1.807) is 18.6 Å². The van der Waals surface area contributed by atoms with Crippen molar-refractivity contribution in [2.75, 3.05) is 31.7 Å². The fraction of sp³-hybridized carbons (Fsp3) is 0.324. The summed E-state index contributed by atoms with van der Waals surface area (Å²) >= 11 is 1.35. The summed E-state index contributed by atoms with van der Waals surface area (Å²) < 4.78 is 13.7. The summed E-state index contributed by atoms with van der Waals surface area (Å²) in [6, 6.07) is 19.5. The number of hydrogen-bond acceptors (Lipinski definition) is 7. The Balaban J connectivity index is 1.58. The number of hydrogen-bond donors (Lipinski definition) is 0. The van der Waals surface area contributed by atoms with Crippen LogP contribution in [0.2, 0.25) is 0 Å². The van der Waals surface area contributed by atoms with Gasteiger partial charge in [-0.25, -0.2) is 9.79 Å². The van der Waals surface area contributed by atoms with E-state index >= 15 is 0 Å². The molecule has 0 aliphatic carbocycles. The van der Waals surface area contributed by atoms with Crippen LogP contribution in [0.1, 0.15) is 56.7 Å². The van der Waals surface area contributed by atoms with Crippen LogP contribution < -0.4 is 24.5 Å². The van der Waals surface area contributed by atoms with Gasteiger partial charge in [0.05, 0.1) is 29.5 Å². The number of carbonyl (C=O) groups excluding carboxylic acids is 1. The van der Waals surface area contributed by atoms with Crippen molar-refractivity contribution in [3.63, 3.8) is 0 Å². The Bertz CT molecular complexity index is 1850. The van der Waals surface area contributed by atoms with Gasteiger partial charge >= 0.3 is 5.97 Å². The Morgan fingerprint density at radius 1 is 1.05 bits per heavy atom. The first-order valence-corrected chi connectivity index (χ1v) is 15.5. The Morgan fingerprint density at radius 3 is 2.52 bits per heavy atom. The van der Waals surface area contributed by atoms with Crippen LogP contribution in [-0.2, 0) is 9.53 Å². The van der Waals surface area contributed by atoms with Crippen LogP contribution >= 0.6 is 11.3 Å². The molecule has 4 aromatic rings. The van der Waals surface area contributed by atoms with Crippen molar-refractivity contribution in [2.45, 2.75) is 45.6 Å². The molecule has 2 aliphatic rings. The molecule has 1 fully saturated rings. The van der Waals surface area contributed by atoms with Gasteiger partial charge in [0.1, 0.15) is 11.8 Å². The predicted molar refractivity (Wildman–Crippen MR) is 168 cm³/mol. The quantitative estimate of drug-likeness (QED) is 0.263. The van der Waals surface area contributed by atoms with E-state index < -0.39 is 12.0 Å². The summed E-state index contributed by atoms with van der Waals surface area (Å²) in [5, 5.41) is 1.90. The van der Waals surface area contributed by atoms with Crippen molar-refractivity contribution in [1.82, 2.24) is 4.57 Å². The van der Waals surface area contributed by atoms with Crippen LogP contribution in [0.4, 0.5) is 5.69 Å². The van der Waals surface area contributed by atoms with Crippen LogP contribution in [0.5, 0.6) is 5.75 Å². The van der Waals surface area contributed by atoms with Gasteiger partial charge in [0.15, 0.2) is 4.80 Å². The second-order valence-electron chi connectivity index (χ2n) is 10.6. The molecule has 0 saturated carbocycles. The molecule has 6 rings (SSSR count). The monoisotopic (exact) mass is 581 g/mol. The van der Waals surface area contributed by atoms with Gasteiger partial charge in [0.25, 0.3) is 5.56 Å². The number of nitrogens with zero attached hydrogens (tertiary/aromatic N) is 3. The standard InChI is InChI=1S/C34H35N3O4S/c1-4-10-26-30(33(39)41-5-2)31(29-25-12-7-6-11-23(25)15-18-27(29)40-3)37-32(38)28(42-34(37)35-26)21-22-13-16-24(17-14-22)36-19-8-9-20-36/h6-7,11-18,21,31H,4-5,8-10,19-20H2,1-3H3/b28-21+/t31-/m0/s1. The third-order valence-corrected chi connectivity index (χ3v) is 8.96. The van der Waals surface area contributed by atoms with Crippen molar-refractivity contribution >= 4 is 39.8 Å². The maximum atomic E-state index is 14.3. The lowest BCUT2D eigenvalue weighted by molar-refractivity contribution is -0.139. The lowest BCUT2D eigenvalue weighted by atomic mass is 9.90. The lowest BCUT2D eigenvalue weighted by Crippen LogP contribution is -2.40. The molecule has 8 heteroatoms. The molecule has 0 unspecified atom stereocenters. The molecule has 0 spiro atoms. The maximum absolute atomic E-state index is 14.3. The highest BCUT2D eigenvalue weighted by molar-refractivity contribution is 7.07. The smallest absolute Gasteiger partial charge is 0.338 e. The van der Waals surface area contributed by atoms with Gasteiger partial charge in [-0.2, -0.15) is 0 Å². The van der Waals surface area contributed by atoms with Crippen LogP contribution in [0.3, 0.4) is 0 Å². The molecule has 0 N–H and O–H groups in total. The first-order valence-electron chi connectivity index (χ1n) is 14.7. The first kappa shape index (κ1) is 28.0. The van der Waals surface area contributed by atoms with Crippen molar-refractivity contribution in [3.8, 4) is 5.75 Å². The van der Waals surface area contributed by atoms with Crippen LogP contribution in [-0.4, -0.2) is 37.3 Å². The number of anilines is 1. The molecule has 1 atom stereocenters. The average molecular weight is 582 g/mol. The first-order chi connectivity index (χ1) is 20.5. The second kappa shape index (κ2) is 12.0. The minimum absolute atomic E-state index is 0.195. The minimum Gasteiger partial charge on any atom is -0.496 e. The van der Waals surface area contributed by atoms with Crippen LogP contribution in [0.25, 0.3) is 16.8 Å². The molecule has 0 radical (unpaired) electrons. The zero-order valence-electron chi connectivity index (χ0n) is 24.3. The largest absolute Gasteiger partial charge is 0.496 e. The van der Waals surface area contributed by atoms with Gasteiger partial charge in [-0.1, -0.05) is 67.1 Å². The van der Waals surface area contributed by atoms with Gasteiger partial charge in [-0.3, -0.25) is 9.36 Å². The molecule has 0 amide bonds. The Morgan fingerprint density at radius 2 is 1.81 bits per heavy atom. The van der Waals surface area contributed by atoms with Crippen molar-refractivity contribution in [1.29, 1.82) is 0 Å². The minimum atomic E-state index is -0.748. The van der Waals surface area contributed by atoms with E-state index in [0.29, 0.717) is 32.8 Å². The van der Waals surface area contributed by atoms with Gasteiger partial charge in [0.2, 0.25) is 0 Å². The van der Waals surface area contributed by atoms with Crippen molar-refractivity contribution in [3.05, 3.63) is 103 Å². The van der Waals surface area contributed by atoms with E-state index in [4.69, 9.17) is 14.5 Å². The Kier molecular flexibility index (Phi) is 7.98. The summed E-state index contributed by atoms with van der Waals surface area (Å²) in [4.78, 5) is 35.8. The van der Waals surface area contributed by atoms with Crippen LogP contribution in [0.15, 0.2) is 81.7 Å².